The number of halogens is 1. The Morgan fingerprint density at radius 1 is 1.00 bits per heavy atom. The third-order valence-electron chi connectivity index (χ3n) is 3.18. The molecule has 0 aliphatic carbocycles. The molecular formula is C16H9BrN4S. The molecule has 106 valence electrons. The van der Waals surface area contributed by atoms with E-state index in [2.05, 4.69) is 25.9 Å². The molecule has 0 aliphatic heterocycles. The Bertz CT molecular complexity index is 939. The summed E-state index contributed by atoms with van der Waals surface area (Å²) >= 11 is 5.07. The lowest BCUT2D eigenvalue weighted by Gasteiger charge is -2.08. The van der Waals surface area contributed by atoms with Crippen molar-refractivity contribution in [1.82, 2.24) is 19.9 Å². The number of nitrogens with zero attached hydrogens (tertiary/aromatic N) is 4. The lowest BCUT2D eigenvalue weighted by molar-refractivity contribution is 1.22. The molecule has 0 fully saturated rings. The SMILES string of the molecule is Brc1cnc2nc(-c3cccs3)c(-c3cccnc3)nc2c1. The van der Waals surface area contributed by atoms with Crippen molar-refractivity contribution in [3.63, 3.8) is 0 Å². The van der Waals surface area contributed by atoms with Crippen molar-refractivity contribution in [1.29, 1.82) is 0 Å². The van der Waals surface area contributed by atoms with Crippen molar-refractivity contribution in [2.75, 3.05) is 0 Å². The molecule has 6 heteroatoms. The van der Waals surface area contributed by atoms with Gasteiger partial charge in [-0.1, -0.05) is 6.07 Å². The van der Waals surface area contributed by atoms with Crippen LogP contribution in [0.5, 0.6) is 0 Å². The van der Waals surface area contributed by atoms with Gasteiger partial charge in [0.25, 0.3) is 0 Å². The molecule has 0 amide bonds. The average Bonchev–Trinajstić information content (AvgIpc) is 3.09. The fourth-order valence-electron chi connectivity index (χ4n) is 2.21. The average molecular weight is 369 g/mol. The van der Waals surface area contributed by atoms with Gasteiger partial charge in [-0.2, -0.15) is 0 Å². The van der Waals surface area contributed by atoms with Crippen molar-refractivity contribution in [2.45, 2.75) is 0 Å². The van der Waals surface area contributed by atoms with Gasteiger partial charge in [0, 0.05) is 28.6 Å². The highest BCUT2D eigenvalue weighted by molar-refractivity contribution is 9.10. The highest BCUT2D eigenvalue weighted by atomic mass is 79.9. The number of thiophene rings is 1. The van der Waals surface area contributed by atoms with E-state index in [4.69, 9.17) is 9.97 Å². The predicted octanol–water partition coefficient (Wildman–Crippen LogP) is 4.58. The van der Waals surface area contributed by atoms with E-state index in [0.717, 1.165) is 31.8 Å². The van der Waals surface area contributed by atoms with Gasteiger partial charge in [0.1, 0.15) is 11.2 Å². The van der Waals surface area contributed by atoms with Crippen LogP contribution in [-0.4, -0.2) is 19.9 Å². The number of pyridine rings is 2. The van der Waals surface area contributed by atoms with Crippen LogP contribution < -0.4 is 0 Å². The molecular weight excluding hydrogens is 360 g/mol. The van der Waals surface area contributed by atoms with E-state index in [1.807, 2.05) is 35.7 Å². The van der Waals surface area contributed by atoms with Crippen LogP contribution in [0.4, 0.5) is 0 Å². The van der Waals surface area contributed by atoms with E-state index in [1.54, 1.807) is 29.9 Å². The Balaban J connectivity index is 2.05. The first-order chi connectivity index (χ1) is 10.8. The summed E-state index contributed by atoms with van der Waals surface area (Å²) in [4.78, 5) is 19.1. The van der Waals surface area contributed by atoms with E-state index in [-0.39, 0.29) is 0 Å². The van der Waals surface area contributed by atoms with E-state index in [0.29, 0.717) is 5.65 Å². The van der Waals surface area contributed by atoms with Gasteiger partial charge >= 0.3 is 0 Å². The van der Waals surface area contributed by atoms with Gasteiger partial charge in [-0.3, -0.25) is 4.98 Å². The van der Waals surface area contributed by atoms with Gasteiger partial charge in [-0.15, -0.1) is 11.3 Å². The molecule has 0 bridgehead atoms. The first-order valence-corrected chi connectivity index (χ1v) is 8.26. The molecule has 0 N–H and O–H groups in total. The summed E-state index contributed by atoms with van der Waals surface area (Å²) in [7, 11) is 0. The van der Waals surface area contributed by atoms with Crippen molar-refractivity contribution in [3.05, 3.63) is 58.8 Å². The molecule has 4 aromatic heterocycles. The largest absolute Gasteiger partial charge is 0.264 e. The van der Waals surface area contributed by atoms with Crippen LogP contribution >= 0.6 is 27.3 Å². The Morgan fingerprint density at radius 3 is 2.73 bits per heavy atom. The van der Waals surface area contributed by atoms with Gasteiger partial charge in [0.15, 0.2) is 5.65 Å². The predicted molar refractivity (Wildman–Crippen MR) is 91.6 cm³/mol. The molecule has 22 heavy (non-hydrogen) atoms. The van der Waals surface area contributed by atoms with Gasteiger partial charge < -0.3 is 0 Å². The molecule has 0 saturated heterocycles. The molecule has 4 aromatic rings. The van der Waals surface area contributed by atoms with E-state index < -0.39 is 0 Å². The minimum atomic E-state index is 0.638. The highest BCUT2D eigenvalue weighted by Gasteiger charge is 2.14. The highest BCUT2D eigenvalue weighted by Crippen LogP contribution is 2.33. The molecule has 0 unspecified atom stereocenters. The first kappa shape index (κ1) is 13.5. The van der Waals surface area contributed by atoms with Crippen molar-refractivity contribution >= 4 is 38.4 Å². The quantitative estimate of drug-likeness (QED) is 0.519. The molecule has 0 radical (unpaired) electrons. The van der Waals surface area contributed by atoms with Crippen LogP contribution in [0.25, 0.3) is 33.0 Å². The summed E-state index contributed by atoms with van der Waals surface area (Å²) in [5.74, 6) is 0. The minimum Gasteiger partial charge on any atom is -0.264 e. The number of rotatable bonds is 2. The maximum absolute atomic E-state index is 4.77. The van der Waals surface area contributed by atoms with Gasteiger partial charge in [-0.25, -0.2) is 15.0 Å². The monoisotopic (exact) mass is 368 g/mol. The number of aromatic nitrogens is 4. The van der Waals surface area contributed by atoms with Crippen molar-refractivity contribution < 1.29 is 0 Å². The van der Waals surface area contributed by atoms with Gasteiger partial charge in [-0.05, 0) is 45.6 Å². The minimum absolute atomic E-state index is 0.638. The lowest BCUT2D eigenvalue weighted by atomic mass is 10.1. The van der Waals surface area contributed by atoms with Gasteiger partial charge in [0.05, 0.1) is 10.6 Å². The fraction of sp³-hybridized carbons (Fsp3) is 0. The number of hydrogen-bond acceptors (Lipinski definition) is 5. The Hall–Kier alpha value is -2.18. The van der Waals surface area contributed by atoms with Crippen LogP contribution in [0.3, 0.4) is 0 Å². The van der Waals surface area contributed by atoms with Crippen LogP contribution in [-0.2, 0) is 0 Å². The van der Waals surface area contributed by atoms with Crippen LogP contribution in [0.2, 0.25) is 0 Å². The molecule has 4 heterocycles. The second-order valence-electron chi connectivity index (χ2n) is 4.64. The van der Waals surface area contributed by atoms with Crippen molar-refractivity contribution in [2.24, 2.45) is 0 Å². The van der Waals surface area contributed by atoms with Crippen molar-refractivity contribution in [3.8, 4) is 21.8 Å². The normalized spacial score (nSPS) is 11.0. The maximum atomic E-state index is 4.77. The standard InChI is InChI=1S/C16H9BrN4S/c17-11-7-12-16(19-9-11)21-15(13-4-2-6-22-13)14(20-12)10-3-1-5-18-8-10/h1-9H. The maximum Gasteiger partial charge on any atom is 0.178 e. The van der Waals surface area contributed by atoms with Gasteiger partial charge in [0.2, 0.25) is 0 Å². The first-order valence-electron chi connectivity index (χ1n) is 6.59. The molecule has 0 saturated carbocycles. The summed E-state index contributed by atoms with van der Waals surface area (Å²) < 4.78 is 0.885. The second-order valence-corrected chi connectivity index (χ2v) is 6.50. The number of hydrogen-bond donors (Lipinski definition) is 0. The van der Waals surface area contributed by atoms with Crippen LogP contribution in [0, 0.1) is 0 Å². The summed E-state index contributed by atoms with van der Waals surface area (Å²) in [5.41, 5.74) is 4.00. The zero-order chi connectivity index (χ0) is 14.9. The third kappa shape index (κ3) is 2.40. The van der Waals surface area contributed by atoms with E-state index >= 15 is 0 Å². The Labute approximate surface area is 139 Å². The molecule has 0 aliphatic rings. The smallest absolute Gasteiger partial charge is 0.178 e. The van der Waals surface area contributed by atoms with Crippen LogP contribution in [0.15, 0.2) is 58.8 Å². The lowest BCUT2D eigenvalue weighted by Crippen LogP contribution is -1.96. The molecule has 0 spiro atoms. The zero-order valence-electron chi connectivity index (χ0n) is 11.3. The molecule has 0 aromatic carbocycles. The molecule has 4 nitrogen and oxygen atoms in total. The Morgan fingerprint density at radius 2 is 1.95 bits per heavy atom. The third-order valence-corrected chi connectivity index (χ3v) is 4.49. The summed E-state index contributed by atoms with van der Waals surface area (Å²) in [6.45, 7) is 0. The Kier molecular flexibility index (Phi) is 3.40. The molecule has 4 rings (SSSR count). The summed E-state index contributed by atoms with van der Waals surface area (Å²) in [6.07, 6.45) is 5.29. The van der Waals surface area contributed by atoms with Crippen LogP contribution in [0.1, 0.15) is 0 Å². The second kappa shape index (κ2) is 5.55. The van der Waals surface area contributed by atoms with E-state index in [9.17, 15) is 0 Å². The summed E-state index contributed by atoms with van der Waals surface area (Å²) in [6, 6.07) is 9.87. The van der Waals surface area contributed by atoms with E-state index in [1.165, 1.54) is 0 Å². The number of fused-ring (bicyclic) bond motifs is 1. The fourth-order valence-corrected chi connectivity index (χ4v) is 3.25. The molecule has 0 atom stereocenters. The summed E-state index contributed by atoms with van der Waals surface area (Å²) in [5, 5.41) is 2.03. The zero-order valence-corrected chi connectivity index (χ0v) is 13.7. The topological polar surface area (TPSA) is 51.6 Å².